The van der Waals surface area contributed by atoms with Crippen molar-refractivity contribution in [2.75, 3.05) is 13.7 Å². The molecular weight excluding hydrogens is 232 g/mol. The zero-order valence-electron chi connectivity index (χ0n) is 9.13. The lowest BCUT2D eigenvalue weighted by Crippen LogP contribution is -2.45. The number of hydrogen-bond acceptors (Lipinski definition) is 5. The third-order valence-corrected chi connectivity index (χ3v) is 2.32. The molecule has 0 saturated carbocycles. The van der Waals surface area contributed by atoms with Gasteiger partial charge in [0.05, 0.1) is 13.7 Å². The highest BCUT2D eigenvalue weighted by atomic mass is 16.5. The van der Waals surface area contributed by atoms with Crippen molar-refractivity contribution in [3.63, 3.8) is 0 Å². The lowest BCUT2D eigenvalue weighted by molar-refractivity contribution is -0.148. The normalized spacial score (nSPS) is 16.6. The summed E-state index contributed by atoms with van der Waals surface area (Å²) < 4.78 is 4.36. The molecular formula is C9H12N2O6. The van der Waals surface area contributed by atoms with Gasteiger partial charge in [-0.1, -0.05) is 0 Å². The topological polar surface area (TPSA) is 113 Å². The van der Waals surface area contributed by atoms with E-state index in [2.05, 4.69) is 10.1 Å². The van der Waals surface area contributed by atoms with E-state index >= 15 is 0 Å². The van der Waals surface area contributed by atoms with Gasteiger partial charge in [-0.05, 0) is 6.42 Å². The van der Waals surface area contributed by atoms with Crippen LogP contribution in [0.4, 0.5) is 4.79 Å². The highest BCUT2D eigenvalue weighted by molar-refractivity contribution is 6.04. The summed E-state index contributed by atoms with van der Waals surface area (Å²) in [6.07, 6.45) is -0.342. The number of hydrogen-bond donors (Lipinski definition) is 2. The molecule has 0 aliphatic carbocycles. The lowest BCUT2D eigenvalue weighted by Gasteiger charge is -2.20. The van der Waals surface area contributed by atoms with Gasteiger partial charge >= 0.3 is 18.0 Å². The van der Waals surface area contributed by atoms with E-state index in [1.807, 2.05) is 0 Å². The fourth-order valence-corrected chi connectivity index (χ4v) is 1.47. The monoisotopic (exact) mass is 244 g/mol. The van der Waals surface area contributed by atoms with Crippen LogP contribution >= 0.6 is 0 Å². The molecule has 1 heterocycles. The fourth-order valence-electron chi connectivity index (χ4n) is 1.47. The number of imide groups is 1. The first-order valence-electron chi connectivity index (χ1n) is 4.87. The number of esters is 1. The second-order valence-corrected chi connectivity index (χ2v) is 3.39. The van der Waals surface area contributed by atoms with Crippen molar-refractivity contribution in [2.24, 2.45) is 0 Å². The number of ether oxygens (including phenoxy) is 1. The van der Waals surface area contributed by atoms with E-state index < -0.39 is 29.9 Å². The van der Waals surface area contributed by atoms with Gasteiger partial charge in [-0.25, -0.2) is 14.5 Å². The summed E-state index contributed by atoms with van der Waals surface area (Å²) in [6, 6.07) is -2.10. The van der Waals surface area contributed by atoms with Crippen LogP contribution in [0.2, 0.25) is 0 Å². The van der Waals surface area contributed by atoms with Gasteiger partial charge in [-0.3, -0.25) is 9.59 Å². The predicted molar refractivity (Wildman–Crippen MR) is 52.9 cm³/mol. The number of carboxylic acid groups (broad SMARTS) is 1. The maximum absolute atomic E-state index is 11.3. The smallest absolute Gasteiger partial charge is 0.327 e. The van der Waals surface area contributed by atoms with E-state index in [1.165, 1.54) is 7.11 Å². The Balaban J connectivity index is 2.72. The minimum absolute atomic E-state index is 0.166. The minimum Gasteiger partial charge on any atom is -0.480 e. The average molecular weight is 244 g/mol. The van der Waals surface area contributed by atoms with Crippen molar-refractivity contribution >= 4 is 23.9 Å². The van der Waals surface area contributed by atoms with E-state index in [0.29, 0.717) is 4.90 Å². The predicted octanol–water partition coefficient (Wildman–Crippen LogP) is -1.06. The van der Waals surface area contributed by atoms with E-state index in [-0.39, 0.29) is 19.4 Å². The Labute approximate surface area is 96.5 Å². The molecule has 1 rings (SSSR count). The van der Waals surface area contributed by atoms with E-state index in [9.17, 15) is 19.2 Å². The maximum atomic E-state index is 11.3. The summed E-state index contributed by atoms with van der Waals surface area (Å²) in [4.78, 5) is 45.0. The average Bonchev–Trinajstić information content (AvgIpc) is 2.60. The number of carboxylic acids is 1. The lowest BCUT2D eigenvalue weighted by atomic mass is 10.1. The number of carbonyl (C=O) groups excluding carboxylic acids is 3. The van der Waals surface area contributed by atoms with Crippen molar-refractivity contribution < 1.29 is 29.0 Å². The summed E-state index contributed by atoms with van der Waals surface area (Å²) in [7, 11) is 1.17. The molecule has 0 aromatic rings. The minimum atomic E-state index is -1.34. The number of urea groups is 1. The Bertz CT molecular complexity index is 350. The third kappa shape index (κ3) is 2.92. The number of methoxy groups -OCH3 is 1. The van der Waals surface area contributed by atoms with Gasteiger partial charge in [0.25, 0.3) is 5.91 Å². The molecule has 8 nitrogen and oxygen atoms in total. The molecule has 1 aliphatic rings. The Kier molecular flexibility index (Phi) is 4.02. The molecule has 17 heavy (non-hydrogen) atoms. The van der Waals surface area contributed by atoms with Gasteiger partial charge in [0, 0.05) is 6.42 Å². The summed E-state index contributed by atoms with van der Waals surface area (Å²) >= 11 is 0. The third-order valence-electron chi connectivity index (χ3n) is 2.32. The van der Waals surface area contributed by atoms with E-state index in [4.69, 9.17) is 5.11 Å². The molecule has 0 aromatic heterocycles. The highest BCUT2D eigenvalue weighted by Gasteiger charge is 2.38. The van der Waals surface area contributed by atoms with Crippen molar-refractivity contribution in [3.8, 4) is 0 Å². The summed E-state index contributed by atoms with van der Waals surface area (Å²) in [5.74, 6) is -2.55. The Morgan fingerprint density at radius 3 is 2.59 bits per heavy atom. The molecule has 0 radical (unpaired) electrons. The largest absolute Gasteiger partial charge is 0.480 e. The zero-order chi connectivity index (χ0) is 13.0. The molecule has 1 atom stereocenters. The summed E-state index contributed by atoms with van der Waals surface area (Å²) in [5.41, 5.74) is 0. The molecule has 1 aliphatic heterocycles. The Hall–Kier alpha value is -2.12. The standard InChI is InChI=1S/C9H12N2O6/c1-17-7(13)3-2-5(8(14)15)11-6(12)4-10-9(11)16/h5H,2-4H2,1H3,(H,10,16)(H,14,15). The van der Waals surface area contributed by atoms with E-state index in [0.717, 1.165) is 0 Å². The SMILES string of the molecule is COC(=O)CCC(C(=O)O)N1C(=O)CNC1=O. The van der Waals surface area contributed by atoms with Gasteiger partial charge < -0.3 is 15.2 Å². The second-order valence-electron chi connectivity index (χ2n) is 3.39. The number of amides is 3. The van der Waals surface area contributed by atoms with Crippen molar-refractivity contribution in [1.82, 2.24) is 10.2 Å². The van der Waals surface area contributed by atoms with Gasteiger partial charge in [0.1, 0.15) is 6.04 Å². The van der Waals surface area contributed by atoms with Crippen LogP contribution in [0, 0.1) is 0 Å². The number of rotatable bonds is 5. The molecule has 0 bridgehead atoms. The molecule has 8 heteroatoms. The van der Waals surface area contributed by atoms with Gasteiger partial charge in [0.15, 0.2) is 0 Å². The van der Waals surface area contributed by atoms with E-state index in [1.54, 1.807) is 0 Å². The molecule has 3 amide bonds. The summed E-state index contributed by atoms with van der Waals surface area (Å²) in [5, 5.41) is 11.1. The highest BCUT2D eigenvalue weighted by Crippen LogP contribution is 2.12. The Morgan fingerprint density at radius 1 is 1.53 bits per heavy atom. The van der Waals surface area contributed by atoms with Crippen LogP contribution in [0.1, 0.15) is 12.8 Å². The molecule has 1 fully saturated rings. The molecule has 94 valence electrons. The van der Waals surface area contributed by atoms with Crippen LogP contribution < -0.4 is 5.32 Å². The zero-order valence-corrected chi connectivity index (χ0v) is 9.13. The molecule has 0 aromatic carbocycles. The number of carbonyl (C=O) groups is 4. The first kappa shape index (κ1) is 12.9. The van der Waals surface area contributed by atoms with Crippen LogP contribution in [0.15, 0.2) is 0 Å². The van der Waals surface area contributed by atoms with Crippen molar-refractivity contribution in [1.29, 1.82) is 0 Å². The first-order valence-corrected chi connectivity index (χ1v) is 4.87. The van der Waals surface area contributed by atoms with Crippen LogP contribution in [-0.4, -0.2) is 53.6 Å². The summed E-state index contributed by atoms with van der Waals surface area (Å²) in [6.45, 7) is -0.221. The maximum Gasteiger partial charge on any atom is 0.327 e. The van der Waals surface area contributed by atoms with Crippen molar-refractivity contribution in [3.05, 3.63) is 0 Å². The molecule has 1 unspecified atom stereocenters. The van der Waals surface area contributed by atoms with Crippen LogP contribution in [0.5, 0.6) is 0 Å². The quantitative estimate of drug-likeness (QED) is 0.471. The molecule has 2 N–H and O–H groups in total. The van der Waals surface area contributed by atoms with Gasteiger partial charge in [-0.2, -0.15) is 0 Å². The number of nitrogens with zero attached hydrogens (tertiary/aromatic N) is 1. The number of nitrogens with one attached hydrogen (secondary N) is 1. The Morgan fingerprint density at radius 2 is 2.18 bits per heavy atom. The van der Waals surface area contributed by atoms with Gasteiger partial charge in [0.2, 0.25) is 0 Å². The van der Waals surface area contributed by atoms with Crippen LogP contribution in [0.3, 0.4) is 0 Å². The molecule has 1 saturated heterocycles. The van der Waals surface area contributed by atoms with Gasteiger partial charge in [-0.15, -0.1) is 0 Å². The number of aliphatic carboxylic acids is 1. The second kappa shape index (κ2) is 5.28. The molecule has 0 spiro atoms. The van der Waals surface area contributed by atoms with Crippen LogP contribution in [-0.2, 0) is 19.1 Å². The van der Waals surface area contributed by atoms with Crippen LogP contribution in [0.25, 0.3) is 0 Å². The van der Waals surface area contributed by atoms with Crippen molar-refractivity contribution in [2.45, 2.75) is 18.9 Å². The first-order chi connectivity index (χ1) is 7.97. The fraction of sp³-hybridized carbons (Fsp3) is 0.556.